The van der Waals surface area contributed by atoms with Gasteiger partial charge in [-0.25, -0.2) is 4.79 Å². The zero-order valence-corrected chi connectivity index (χ0v) is 81.3. The minimum atomic E-state index is -2.45. The van der Waals surface area contributed by atoms with Gasteiger partial charge in [0.2, 0.25) is 59.3 Å². The number of ether oxygens (including phenoxy) is 8. The Morgan fingerprint density at radius 1 is 0.613 bits per heavy atom. The lowest BCUT2D eigenvalue weighted by Gasteiger charge is -2.48. The van der Waals surface area contributed by atoms with Crippen LogP contribution in [0.25, 0.3) is 22.3 Å². The summed E-state index contributed by atoms with van der Waals surface area (Å²) in [7, 11) is 1.38. The van der Waals surface area contributed by atoms with Crippen molar-refractivity contribution in [2.45, 2.75) is 233 Å². The molecule has 3 saturated heterocycles. The fraction of sp³-hybridized carbons (Fsp3) is 0.480. The van der Waals surface area contributed by atoms with E-state index < -0.39 is 283 Å². The van der Waals surface area contributed by atoms with E-state index in [1.165, 1.54) is 56.1 Å². The standard InChI is InChI=1S/C98H123Cl3N14O27/c1-46(2)32-63(115(7)72(121)44-107-31-11-30-106-28-9-8-27-105-29-10-26-102)90(128)113-79-81(122)53-19-24-66(60(100)34-53)137-68-36-55-37-69(85(68)142-96-86(83(124)82(123)70(45-116)139-96)141-74-42-98(6,88(126)48(4)136-74)108-43-49-12-14-50(15-13-49)51-16-21-56(99)22-17-51)138-67-25-20-54(35-61(67)101)84(140-73-41-97(5,104)87(125)47(3)135-73)80-94(132)112-78(95(133)134)59-38-57(117)39-65(119)75(59)58-33-52(18-23-64(58)118)76(91(129)114-80)111-92(130)77(55)110-89(127)62(40-71(103)120)109-93(79)131/h12-25,33-39,46-48,62-63,70,73-74,76-84,86-88,96,105-108,116-119,122-126H,8-11,26-32,40-45,102,104H2,1-7H3,(H2,103,120)(H,109,131)(H,110,127)(H,111,130)(H,112,132)(H,113,128)(H,114,129)(H,133,134)/t47-,48-,62-,63+,70+,73-,74-,76+,77+,78-,79+,80-,81+,82+,83-,84+,86+,87-,88-,96-,97-,98-/m0/s1. The van der Waals surface area contributed by atoms with Crippen LogP contribution < -0.4 is 84.6 Å². The molecule has 0 radical (unpaired) electrons. The molecule has 8 aliphatic heterocycles. The van der Waals surface area contributed by atoms with Crippen LogP contribution in [0.2, 0.25) is 15.1 Å². The van der Waals surface area contributed by atoms with Gasteiger partial charge in [0.25, 0.3) is 0 Å². The number of carbonyl (C=O) groups excluding carboxylic acids is 8. The average molecular weight is 2040 g/mol. The smallest absolute Gasteiger partial charge is 0.330 e. The summed E-state index contributed by atoms with van der Waals surface area (Å²) in [4.78, 5) is 139. The lowest BCUT2D eigenvalue weighted by molar-refractivity contribution is -0.334. The Morgan fingerprint density at radius 2 is 1.20 bits per heavy atom. The molecule has 3 fully saturated rings. The van der Waals surface area contributed by atoms with E-state index in [-0.39, 0.29) is 49.4 Å². The van der Waals surface area contributed by atoms with Gasteiger partial charge in [-0.3, -0.25) is 38.4 Å². The Labute approximate surface area is 833 Å². The van der Waals surface area contributed by atoms with Crippen molar-refractivity contribution in [1.29, 1.82) is 0 Å². The first-order chi connectivity index (χ1) is 67.5. The number of amides is 8. The molecule has 0 spiro atoms. The van der Waals surface area contributed by atoms with Crippen molar-refractivity contribution in [3.05, 3.63) is 176 Å². The predicted octanol–water partition coefficient (Wildman–Crippen LogP) is 4.02. The zero-order valence-electron chi connectivity index (χ0n) is 79.0. The SMILES string of the molecule is CC(C)C[C@H](C(=O)N[C@H]1C(=O)N[C@@H](CC(N)=O)C(=O)N[C@H]2C(=O)N[C@H]3C(=O)N[C@H](C(=O)N[C@H](C(=O)O)c4cc(O)cc(O)c4-c4cc3ccc4O)[C@H](O[C@H]3C[C@](C)(N)[C@@H](O)[C@H](C)O3)c3ccc(c(Cl)c3)Oc3cc2cc(c3O[C@@H]2O[C@H](CO)[C@@H](O)[C@H](O)[C@H]2O[C@H]2C[C@](C)(NCc3ccc(-c4ccc(Cl)cc4)cc3)[C@@H](O)[C@H](C)O2)Oc2ccc(cc2Cl)[C@H]1O)N(C)C(=O)CNCCCNCCCCNCCCN. The van der Waals surface area contributed by atoms with E-state index in [4.69, 9.17) is 89.9 Å². The molecule has 0 aromatic heterocycles. The van der Waals surface area contributed by atoms with Gasteiger partial charge in [0, 0.05) is 65.3 Å². The van der Waals surface area contributed by atoms with Gasteiger partial charge in [0.15, 0.2) is 36.2 Å². The number of hydrogen-bond acceptors (Lipinski definition) is 32. The van der Waals surface area contributed by atoms with E-state index in [0.29, 0.717) is 31.1 Å². The van der Waals surface area contributed by atoms with E-state index in [9.17, 15) is 65.4 Å². The third-order valence-corrected chi connectivity index (χ3v) is 26.8. The molecular formula is C98H123Cl3N14O27. The Balaban J connectivity index is 0.960. The maximum Gasteiger partial charge on any atom is 0.330 e. The molecule has 768 valence electrons. The molecule has 11 bridgehead atoms. The van der Waals surface area contributed by atoms with Crippen molar-refractivity contribution in [3.8, 4) is 68.2 Å². The van der Waals surface area contributed by atoms with Gasteiger partial charge < -0.3 is 164 Å². The van der Waals surface area contributed by atoms with Crippen molar-refractivity contribution in [1.82, 2.24) is 58.1 Å². The van der Waals surface area contributed by atoms with E-state index >= 15 is 28.8 Å². The Bertz CT molecular complexity index is 5700. The second-order valence-corrected chi connectivity index (χ2v) is 38.5. The number of unbranched alkanes of at least 4 members (excludes halogenated alkanes) is 1. The van der Waals surface area contributed by atoms with Crippen molar-refractivity contribution >= 4 is 88.0 Å². The van der Waals surface area contributed by atoms with Gasteiger partial charge in [-0.1, -0.05) is 103 Å². The van der Waals surface area contributed by atoms with Gasteiger partial charge in [-0.05, 0) is 211 Å². The number of nitrogens with two attached hydrogens (primary N) is 3. The summed E-state index contributed by atoms with van der Waals surface area (Å²) in [6, 6.07) is 13.6. The monoisotopic (exact) mass is 2030 g/mol. The minimum absolute atomic E-state index is 0.0310. The van der Waals surface area contributed by atoms with Crippen LogP contribution in [0, 0.1) is 5.92 Å². The number of nitrogens with zero attached hydrogens (tertiary/aromatic N) is 1. The summed E-state index contributed by atoms with van der Waals surface area (Å²) in [5, 5.41) is 146. The topological polar surface area (TPSA) is 631 Å². The Morgan fingerprint density at radius 3 is 1.82 bits per heavy atom. The Kier molecular flexibility index (Phi) is 36.2. The van der Waals surface area contributed by atoms with Crippen molar-refractivity contribution < 1.29 is 132 Å². The number of phenols is 3. The van der Waals surface area contributed by atoms with Gasteiger partial charge in [0.1, 0.15) is 95.5 Å². The van der Waals surface area contributed by atoms with E-state index in [2.05, 4.69) is 53.2 Å². The number of carbonyl (C=O) groups is 9. The minimum Gasteiger partial charge on any atom is -0.508 e. The van der Waals surface area contributed by atoms with Crippen LogP contribution >= 0.6 is 34.8 Å². The number of halogens is 3. The number of benzene rings is 7. The number of carboxylic acids is 1. The number of aliphatic carboxylic acids is 1. The van der Waals surface area contributed by atoms with Crippen molar-refractivity contribution in [3.63, 3.8) is 0 Å². The molecule has 41 nitrogen and oxygen atoms in total. The normalized spacial score (nSPS) is 27.6. The highest BCUT2D eigenvalue weighted by Gasteiger charge is 2.54. The summed E-state index contributed by atoms with van der Waals surface area (Å²) in [6.07, 6.45) is -20.3. The molecule has 22 atom stereocenters. The largest absolute Gasteiger partial charge is 0.508 e. The number of fused-ring (bicyclic) bond motifs is 15. The molecule has 7 aromatic rings. The number of carboxylic acid groups (broad SMARTS) is 1. The fourth-order valence-corrected chi connectivity index (χ4v) is 18.6. The maximum absolute atomic E-state index is 16.8. The van der Waals surface area contributed by atoms with E-state index in [1.54, 1.807) is 39.8 Å². The van der Waals surface area contributed by atoms with Gasteiger partial charge in [0.05, 0.1) is 54.0 Å². The van der Waals surface area contributed by atoms with Crippen LogP contribution in [-0.2, 0) is 73.4 Å². The van der Waals surface area contributed by atoms with Crippen molar-refractivity contribution in [2.24, 2.45) is 23.1 Å². The van der Waals surface area contributed by atoms with E-state index in [0.717, 1.165) is 104 Å². The molecular weight excluding hydrogens is 1910 g/mol. The predicted molar refractivity (Wildman–Crippen MR) is 515 cm³/mol. The molecule has 0 saturated carbocycles. The first kappa shape index (κ1) is 108. The molecule has 0 aliphatic carbocycles. The number of phenolic OH excluding ortho intramolecular Hbond substituents is 3. The van der Waals surface area contributed by atoms with Crippen LogP contribution in [0.4, 0.5) is 0 Å². The van der Waals surface area contributed by atoms with Crippen LogP contribution in [0.5, 0.6) is 46.0 Å². The van der Waals surface area contributed by atoms with Crippen LogP contribution in [-0.4, -0.2) is 272 Å². The third-order valence-electron chi connectivity index (χ3n) is 25.9. The van der Waals surface area contributed by atoms with Crippen LogP contribution in [0.1, 0.15) is 157 Å². The second kappa shape index (κ2) is 47.5. The quantitative estimate of drug-likeness (QED) is 0.0258. The first-order valence-corrected chi connectivity index (χ1v) is 47.9. The average Bonchev–Trinajstić information content (AvgIpc) is 0.759. The Hall–Kier alpha value is -11.2. The summed E-state index contributed by atoms with van der Waals surface area (Å²) in [6.45, 7) is 12.8. The van der Waals surface area contributed by atoms with E-state index in [1.807, 2.05) is 36.4 Å². The summed E-state index contributed by atoms with van der Waals surface area (Å²) in [5.41, 5.74) is 15.1. The first-order valence-electron chi connectivity index (χ1n) is 46.8. The van der Waals surface area contributed by atoms with Crippen molar-refractivity contribution in [2.75, 3.05) is 59.5 Å². The molecule has 44 heteroatoms. The molecule has 15 rings (SSSR count). The number of likely N-dealkylation sites (N-methyl/N-ethyl adjacent to an activating group) is 1. The number of rotatable bonds is 33. The lowest BCUT2D eigenvalue weighted by Crippen LogP contribution is -2.65. The number of nitrogens with one attached hydrogen (secondary N) is 10. The van der Waals surface area contributed by atoms with Gasteiger partial charge in [-0.15, -0.1) is 0 Å². The molecule has 8 amide bonds. The molecule has 26 N–H and O–H groups in total. The molecule has 8 aliphatic rings. The highest BCUT2D eigenvalue weighted by Crippen LogP contribution is 2.51. The van der Waals surface area contributed by atoms with Crippen LogP contribution in [0.3, 0.4) is 0 Å². The van der Waals surface area contributed by atoms with Gasteiger partial charge in [-0.2, -0.15) is 0 Å². The molecule has 8 heterocycles. The van der Waals surface area contributed by atoms with Gasteiger partial charge >= 0.3 is 5.97 Å². The number of aliphatic hydroxyl groups excluding tert-OH is 6. The number of aromatic hydroxyl groups is 3. The fourth-order valence-electron chi connectivity index (χ4n) is 18.0. The highest BCUT2D eigenvalue weighted by atomic mass is 35.5. The van der Waals surface area contributed by atoms with Crippen LogP contribution in [0.15, 0.2) is 127 Å². The summed E-state index contributed by atoms with van der Waals surface area (Å²) in [5.74, 6) is -17.5. The zero-order chi connectivity index (χ0) is 103. The second-order valence-electron chi connectivity index (χ2n) is 37.3. The molecule has 7 aromatic carbocycles. The summed E-state index contributed by atoms with van der Waals surface area (Å²) < 4.78 is 53.2. The number of hydrogen-bond donors (Lipinski definition) is 23. The highest BCUT2D eigenvalue weighted by molar-refractivity contribution is 6.32. The molecule has 142 heavy (non-hydrogen) atoms. The number of aliphatic hydroxyl groups is 6. The maximum atomic E-state index is 16.8. The lowest BCUT2D eigenvalue weighted by atomic mass is 9.84. The third kappa shape index (κ3) is 25.9. The summed E-state index contributed by atoms with van der Waals surface area (Å²) >= 11 is 21.0. The molecule has 0 unspecified atom stereocenters. The number of primary amides is 1.